The Morgan fingerprint density at radius 3 is 2.74 bits per heavy atom. The molecular weight excluding hydrogens is 294 g/mol. The Kier molecular flexibility index (Phi) is 4.36. The summed E-state index contributed by atoms with van der Waals surface area (Å²) < 4.78 is 5.22. The number of benzene rings is 1. The molecule has 3 aromatic rings. The van der Waals surface area contributed by atoms with Gasteiger partial charge in [0.1, 0.15) is 11.9 Å². The molecule has 122 valence electrons. The van der Waals surface area contributed by atoms with Crippen molar-refractivity contribution in [3.63, 3.8) is 0 Å². The van der Waals surface area contributed by atoms with Gasteiger partial charge >= 0.3 is 5.69 Å². The first-order valence-electron chi connectivity index (χ1n) is 7.72. The van der Waals surface area contributed by atoms with Crippen LogP contribution in [0.5, 0.6) is 0 Å². The Morgan fingerprint density at radius 2 is 2.00 bits per heavy atom. The maximum atomic E-state index is 11.3. The van der Waals surface area contributed by atoms with Crippen LogP contribution in [0.25, 0.3) is 11.0 Å². The molecule has 0 aliphatic rings. The summed E-state index contributed by atoms with van der Waals surface area (Å²) in [5, 5.41) is 13.6. The topological polar surface area (TPSA) is 94.1 Å². The summed E-state index contributed by atoms with van der Waals surface area (Å²) in [6, 6.07) is 9.58. The first-order valence-corrected chi connectivity index (χ1v) is 7.72. The van der Waals surface area contributed by atoms with Crippen molar-refractivity contribution in [2.45, 2.75) is 38.5 Å². The van der Waals surface area contributed by atoms with Gasteiger partial charge < -0.3 is 24.8 Å². The number of rotatable bonds is 6. The molecule has 0 aliphatic heterocycles. The van der Waals surface area contributed by atoms with E-state index in [4.69, 9.17) is 4.42 Å². The highest BCUT2D eigenvalue weighted by molar-refractivity contribution is 5.75. The van der Waals surface area contributed by atoms with E-state index in [1.807, 2.05) is 25.1 Å². The van der Waals surface area contributed by atoms with Crippen LogP contribution < -0.4 is 11.0 Å². The van der Waals surface area contributed by atoms with E-state index in [0.29, 0.717) is 12.2 Å². The van der Waals surface area contributed by atoms with Gasteiger partial charge in [-0.05, 0) is 50.1 Å². The molecule has 4 N–H and O–H groups in total. The first-order chi connectivity index (χ1) is 11.0. The van der Waals surface area contributed by atoms with Crippen LogP contribution in [0, 0.1) is 0 Å². The SMILES string of the molecule is CC(CC(O)c1ccco1)NC(C)c1ccc2[nH]c(=O)[nH]c2c1. The van der Waals surface area contributed by atoms with Gasteiger partial charge in [0.05, 0.1) is 17.3 Å². The average Bonchev–Trinajstić information content (AvgIpc) is 3.14. The van der Waals surface area contributed by atoms with Gasteiger partial charge in [-0.15, -0.1) is 0 Å². The van der Waals surface area contributed by atoms with Crippen molar-refractivity contribution < 1.29 is 9.52 Å². The molecular formula is C17H21N3O3. The Labute approximate surface area is 133 Å². The van der Waals surface area contributed by atoms with Crippen LogP contribution >= 0.6 is 0 Å². The van der Waals surface area contributed by atoms with Crippen LogP contribution in [-0.2, 0) is 0 Å². The van der Waals surface area contributed by atoms with Gasteiger partial charge in [-0.1, -0.05) is 6.07 Å². The van der Waals surface area contributed by atoms with Crippen molar-refractivity contribution >= 4 is 11.0 Å². The van der Waals surface area contributed by atoms with E-state index in [2.05, 4.69) is 22.2 Å². The molecule has 6 heteroatoms. The number of imidazole rings is 1. The van der Waals surface area contributed by atoms with E-state index in [1.165, 1.54) is 0 Å². The van der Waals surface area contributed by atoms with Gasteiger partial charge in [0.2, 0.25) is 0 Å². The summed E-state index contributed by atoms with van der Waals surface area (Å²) in [5.74, 6) is 0.581. The Bertz CT molecular complexity index is 819. The highest BCUT2D eigenvalue weighted by Crippen LogP contribution is 2.21. The molecule has 3 rings (SSSR count). The molecule has 0 spiro atoms. The number of hydrogen-bond acceptors (Lipinski definition) is 4. The number of hydrogen-bond donors (Lipinski definition) is 4. The van der Waals surface area contributed by atoms with Crippen molar-refractivity contribution in [1.29, 1.82) is 0 Å². The van der Waals surface area contributed by atoms with Crippen LogP contribution in [-0.4, -0.2) is 21.1 Å². The van der Waals surface area contributed by atoms with E-state index in [-0.39, 0.29) is 17.8 Å². The van der Waals surface area contributed by atoms with Crippen LogP contribution in [0.4, 0.5) is 0 Å². The molecule has 0 aliphatic carbocycles. The normalized spacial score (nSPS) is 15.6. The molecule has 0 saturated heterocycles. The predicted octanol–water partition coefficient (Wildman–Crippen LogP) is 2.61. The Balaban J connectivity index is 1.64. The molecule has 2 heterocycles. The molecule has 0 bridgehead atoms. The van der Waals surface area contributed by atoms with Gasteiger partial charge in [0, 0.05) is 12.1 Å². The van der Waals surface area contributed by atoms with E-state index in [0.717, 1.165) is 16.6 Å². The summed E-state index contributed by atoms with van der Waals surface area (Å²) in [6.45, 7) is 4.08. The van der Waals surface area contributed by atoms with Gasteiger partial charge in [-0.2, -0.15) is 0 Å². The Morgan fingerprint density at radius 1 is 1.22 bits per heavy atom. The number of fused-ring (bicyclic) bond motifs is 1. The molecule has 23 heavy (non-hydrogen) atoms. The minimum absolute atomic E-state index is 0.0941. The fraction of sp³-hybridized carbons (Fsp3) is 0.353. The van der Waals surface area contributed by atoms with Crippen molar-refractivity contribution in [2.75, 3.05) is 0 Å². The molecule has 3 unspecified atom stereocenters. The largest absolute Gasteiger partial charge is 0.467 e. The van der Waals surface area contributed by atoms with E-state index >= 15 is 0 Å². The fourth-order valence-corrected chi connectivity index (χ4v) is 2.84. The predicted molar refractivity (Wildman–Crippen MR) is 88.2 cm³/mol. The maximum absolute atomic E-state index is 11.3. The van der Waals surface area contributed by atoms with Gasteiger partial charge in [0.25, 0.3) is 0 Å². The number of aliphatic hydroxyl groups excluding tert-OH is 1. The van der Waals surface area contributed by atoms with Crippen molar-refractivity contribution in [2.24, 2.45) is 0 Å². The summed E-state index contributed by atoms with van der Waals surface area (Å²) in [7, 11) is 0. The molecule has 0 radical (unpaired) electrons. The lowest BCUT2D eigenvalue weighted by Crippen LogP contribution is -2.30. The van der Waals surface area contributed by atoms with Crippen LogP contribution in [0.3, 0.4) is 0 Å². The zero-order valence-corrected chi connectivity index (χ0v) is 13.2. The smallest absolute Gasteiger partial charge is 0.323 e. The highest BCUT2D eigenvalue weighted by atomic mass is 16.4. The minimum Gasteiger partial charge on any atom is -0.467 e. The highest BCUT2D eigenvalue weighted by Gasteiger charge is 2.17. The summed E-state index contributed by atoms with van der Waals surface area (Å²) in [4.78, 5) is 16.8. The van der Waals surface area contributed by atoms with E-state index in [1.54, 1.807) is 18.4 Å². The quantitative estimate of drug-likeness (QED) is 0.562. The number of aromatic nitrogens is 2. The lowest BCUT2D eigenvalue weighted by molar-refractivity contribution is 0.127. The maximum Gasteiger partial charge on any atom is 0.323 e. The third kappa shape index (κ3) is 3.55. The second-order valence-electron chi connectivity index (χ2n) is 5.94. The molecule has 1 aromatic carbocycles. The van der Waals surface area contributed by atoms with Crippen molar-refractivity contribution in [1.82, 2.24) is 15.3 Å². The first kappa shape index (κ1) is 15.6. The molecule has 0 amide bonds. The number of furan rings is 1. The standard InChI is InChI=1S/C17H21N3O3/c1-10(8-15(21)16-4-3-7-23-16)18-11(2)12-5-6-13-14(9-12)20-17(22)19-13/h3-7,9-11,15,18,21H,8H2,1-2H3,(H2,19,20,22). The second kappa shape index (κ2) is 6.44. The molecule has 0 saturated carbocycles. The van der Waals surface area contributed by atoms with Crippen LogP contribution in [0.2, 0.25) is 0 Å². The van der Waals surface area contributed by atoms with Gasteiger partial charge in [0.15, 0.2) is 0 Å². The lowest BCUT2D eigenvalue weighted by atomic mass is 10.0. The number of nitrogens with one attached hydrogen (secondary N) is 3. The van der Waals surface area contributed by atoms with Crippen molar-refractivity contribution in [3.8, 4) is 0 Å². The van der Waals surface area contributed by atoms with E-state index in [9.17, 15) is 9.90 Å². The fourth-order valence-electron chi connectivity index (χ4n) is 2.84. The van der Waals surface area contributed by atoms with Crippen LogP contribution in [0.15, 0.2) is 45.8 Å². The summed E-state index contributed by atoms with van der Waals surface area (Å²) in [6.07, 6.45) is 1.50. The van der Waals surface area contributed by atoms with Crippen molar-refractivity contribution in [3.05, 3.63) is 58.4 Å². The summed E-state index contributed by atoms with van der Waals surface area (Å²) >= 11 is 0. The third-order valence-corrected chi connectivity index (χ3v) is 4.02. The third-order valence-electron chi connectivity index (χ3n) is 4.02. The lowest BCUT2D eigenvalue weighted by Gasteiger charge is -2.22. The minimum atomic E-state index is -0.622. The van der Waals surface area contributed by atoms with E-state index < -0.39 is 6.10 Å². The number of aliphatic hydroxyl groups is 1. The second-order valence-corrected chi connectivity index (χ2v) is 5.94. The number of H-pyrrole nitrogens is 2. The average molecular weight is 315 g/mol. The number of aromatic amines is 2. The van der Waals surface area contributed by atoms with Gasteiger partial charge in [-0.3, -0.25) is 0 Å². The monoisotopic (exact) mass is 315 g/mol. The molecule has 3 atom stereocenters. The zero-order valence-electron chi connectivity index (χ0n) is 13.2. The van der Waals surface area contributed by atoms with Gasteiger partial charge in [-0.25, -0.2) is 4.79 Å². The zero-order chi connectivity index (χ0) is 16.4. The molecule has 0 fully saturated rings. The molecule has 2 aromatic heterocycles. The summed E-state index contributed by atoms with van der Waals surface area (Å²) in [5.41, 5.74) is 2.47. The molecule has 6 nitrogen and oxygen atoms in total. The Hall–Kier alpha value is -2.31. The van der Waals surface area contributed by atoms with Crippen LogP contribution in [0.1, 0.15) is 43.7 Å².